The fourth-order valence-corrected chi connectivity index (χ4v) is 2.75. The Morgan fingerprint density at radius 3 is 2.36 bits per heavy atom. The lowest BCUT2D eigenvalue weighted by atomic mass is 10.0. The molecule has 0 aliphatic rings. The van der Waals surface area contributed by atoms with E-state index in [9.17, 15) is 18.3 Å². The van der Waals surface area contributed by atoms with E-state index in [1.807, 2.05) is 20.8 Å². The van der Waals surface area contributed by atoms with Crippen LogP contribution in [-0.2, 0) is 12.6 Å². The van der Waals surface area contributed by atoms with E-state index in [2.05, 4.69) is 10.1 Å². The Labute approximate surface area is 142 Å². The molecule has 7 heteroatoms. The Morgan fingerprint density at radius 2 is 1.80 bits per heavy atom. The van der Waals surface area contributed by atoms with Gasteiger partial charge >= 0.3 is 6.18 Å². The van der Waals surface area contributed by atoms with E-state index in [0.29, 0.717) is 29.2 Å². The number of fused-ring (bicyclic) bond motifs is 1. The van der Waals surface area contributed by atoms with Crippen molar-refractivity contribution in [2.45, 2.75) is 33.4 Å². The normalized spacial score (nSPS) is 12.3. The number of aromatic hydroxyl groups is 1. The summed E-state index contributed by atoms with van der Waals surface area (Å²) in [5.74, 6) is 0.364. The molecule has 2 heterocycles. The second-order valence-corrected chi connectivity index (χ2v) is 6.47. The van der Waals surface area contributed by atoms with Crippen LogP contribution in [0.2, 0.25) is 0 Å². The van der Waals surface area contributed by atoms with Crippen LogP contribution >= 0.6 is 0 Å². The lowest BCUT2D eigenvalue weighted by Gasteiger charge is -2.11. The fraction of sp³-hybridized carbons (Fsp3) is 0.333. The van der Waals surface area contributed by atoms with Crippen molar-refractivity contribution in [2.75, 3.05) is 0 Å². The van der Waals surface area contributed by atoms with Crippen molar-refractivity contribution in [1.82, 2.24) is 14.6 Å². The summed E-state index contributed by atoms with van der Waals surface area (Å²) in [5.41, 5.74) is 2.18. The van der Waals surface area contributed by atoms with E-state index in [-0.39, 0.29) is 5.88 Å². The lowest BCUT2D eigenvalue weighted by Crippen LogP contribution is -2.04. The molecule has 3 aromatic rings. The van der Waals surface area contributed by atoms with E-state index in [4.69, 9.17) is 0 Å². The molecule has 0 saturated carbocycles. The maximum atomic E-state index is 12.7. The van der Waals surface area contributed by atoms with Gasteiger partial charge in [0.2, 0.25) is 5.88 Å². The average Bonchev–Trinajstić information content (AvgIpc) is 2.94. The van der Waals surface area contributed by atoms with Gasteiger partial charge in [-0.3, -0.25) is 0 Å². The van der Waals surface area contributed by atoms with Gasteiger partial charge in [-0.2, -0.15) is 22.8 Å². The summed E-state index contributed by atoms with van der Waals surface area (Å²) < 4.78 is 39.3. The van der Waals surface area contributed by atoms with E-state index < -0.39 is 11.7 Å². The quantitative estimate of drug-likeness (QED) is 0.750. The van der Waals surface area contributed by atoms with Gasteiger partial charge in [0.25, 0.3) is 0 Å². The summed E-state index contributed by atoms with van der Waals surface area (Å²) in [6.07, 6.45) is -3.71. The molecular weight excluding hydrogens is 331 g/mol. The first-order valence-electron chi connectivity index (χ1n) is 7.92. The highest BCUT2D eigenvalue weighted by Gasteiger charge is 2.30. The molecule has 2 aromatic heterocycles. The van der Waals surface area contributed by atoms with Crippen molar-refractivity contribution < 1.29 is 18.3 Å². The lowest BCUT2D eigenvalue weighted by molar-refractivity contribution is -0.137. The molecule has 25 heavy (non-hydrogen) atoms. The van der Waals surface area contributed by atoms with Crippen LogP contribution in [0.1, 0.15) is 30.7 Å². The largest absolute Gasteiger partial charge is 0.493 e. The third-order valence-corrected chi connectivity index (χ3v) is 4.00. The van der Waals surface area contributed by atoms with E-state index in [0.717, 1.165) is 23.4 Å². The molecule has 0 unspecified atom stereocenters. The number of halogens is 3. The van der Waals surface area contributed by atoms with Crippen molar-refractivity contribution in [3.05, 3.63) is 47.2 Å². The van der Waals surface area contributed by atoms with Gasteiger partial charge in [-0.1, -0.05) is 26.0 Å². The molecule has 3 rings (SSSR count). The van der Waals surface area contributed by atoms with E-state index in [1.54, 1.807) is 6.07 Å². The maximum Gasteiger partial charge on any atom is 0.416 e. The molecule has 0 aliphatic carbocycles. The Balaban J connectivity index is 2.05. The molecule has 0 spiro atoms. The Hall–Kier alpha value is -2.57. The first kappa shape index (κ1) is 17.3. The Morgan fingerprint density at radius 1 is 1.16 bits per heavy atom. The van der Waals surface area contributed by atoms with Crippen molar-refractivity contribution in [2.24, 2.45) is 5.92 Å². The molecule has 0 radical (unpaired) electrons. The van der Waals surface area contributed by atoms with Crippen LogP contribution in [0.15, 0.2) is 30.3 Å². The zero-order valence-corrected chi connectivity index (χ0v) is 14.1. The molecule has 0 atom stereocenters. The third-order valence-electron chi connectivity index (χ3n) is 4.00. The van der Waals surface area contributed by atoms with Gasteiger partial charge in [0, 0.05) is 22.9 Å². The highest BCUT2D eigenvalue weighted by atomic mass is 19.4. The predicted octanol–water partition coefficient (Wildman–Crippen LogP) is 4.63. The number of alkyl halides is 3. The number of hydrogen-bond donors (Lipinski definition) is 1. The molecule has 0 amide bonds. The maximum absolute atomic E-state index is 12.7. The molecule has 0 fully saturated rings. The fourth-order valence-electron chi connectivity index (χ4n) is 2.75. The number of hydrogen-bond acceptors (Lipinski definition) is 3. The first-order chi connectivity index (χ1) is 11.7. The monoisotopic (exact) mass is 349 g/mol. The molecule has 4 nitrogen and oxygen atoms in total. The van der Waals surface area contributed by atoms with Crippen LogP contribution in [0.25, 0.3) is 16.9 Å². The van der Waals surface area contributed by atoms with Gasteiger partial charge in [0.15, 0.2) is 5.65 Å². The number of rotatable bonds is 3. The molecule has 0 bridgehead atoms. The Kier molecular flexibility index (Phi) is 4.18. The number of aromatic nitrogens is 3. The van der Waals surface area contributed by atoms with Gasteiger partial charge in [0.05, 0.1) is 11.3 Å². The third kappa shape index (κ3) is 3.31. The molecule has 1 aromatic carbocycles. The first-order valence-corrected chi connectivity index (χ1v) is 7.92. The average molecular weight is 349 g/mol. The molecule has 0 saturated heterocycles. The highest BCUT2D eigenvalue weighted by molar-refractivity contribution is 5.65. The smallest absolute Gasteiger partial charge is 0.416 e. The second kappa shape index (κ2) is 6.06. The van der Waals surface area contributed by atoms with Crippen molar-refractivity contribution in [3.8, 4) is 17.1 Å². The predicted molar refractivity (Wildman–Crippen MR) is 88.4 cm³/mol. The van der Waals surface area contributed by atoms with Crippen molar-refractivity contribution in [1.29, 1.82) is 0 Å². The topological polar surface area (TPSA) is 50.4 Å². The molecule has 1 N–H and O–H groups in total. The van der Waals surface area contributed by atoms with Crippen LogP contribution in [0.4, 0.5) is 13.2 Å². The second-order valence-electron chi connectivity index (χ2n) is 6.47. The highest BCUT2D eigenvalue weighted by Crippen LogP contribution is 2.31. The van der Waals surface area contributed by atoms with E-state index in [1.165, 1.54) is 16.6 Å². The van der Waals surface area contributed by atoms with Crippen LogP contribution < -0.4 is 0 Å². The minimum atomic E-state index is -4.37. The number of benzene rings is 1. The minimum Gasteiger partial charge on any atom is -0.493 e. The Bertz CT molecular complexity index is 912. The van der Waals surface area contributed by atoms with Gasteiger partial charge < -0.3 is 5.11 Å². The molecule has 132 valence electrons. The SMILES string of the molecule is Cc1nc2cc(-c3ccc(C(F)(F)F)cc3)nn2c(O)c1CC(C)C. The number of aryl methyl sites for hydroxylation is 1. The van der Waals surface area contributed by atoms with Gasteiger partial charge in [-0.25, -0.2) is 4.98 Å². The standard InChI is InChI=1S/C18H18F3N3O/c1-10(2)8-14-11(3)22-16-9-15(23-24(16)17(14)25)12-4-6-13(7-5-12)18(19,20)21/h4-7,9-10,25H,8H2,1-3H3. The van der Waals surface area contributed by atoms with Gasteiger partial charge in [-0.15, -0.1) is 0 Å². The summed E-state index contributed by atoms with van der Waals surface area (Å²) in [4.78, 5) is 4.45. The summed E-state index contributed by atoms with van der Waals surface area (Å²) in [7, 11) is 0. The van der Waals surface area contributed by atoms with Crippen LogP contribution in [0, 0.1) is 12.8 Å². The summed E-state index contributed by atoms with van der Waals surface area (Å²) in [6.45, 7) is 5.90. The molecular formula is C18H18F3N3O. The van der Waals surface area contributed by atoms with Crippen molar-refractivity contribution >= 4 is 5.65 Å². The minimum absolute atomic E-state index is 0.0226. The zero-order chi connectivity index (χ0) is 18.4. The van der Waals surface area contributed by atoms with Crippen LogP contribution in [0.5, 0.6) is 5.88 Å². The van der Waals surface area contributed by atoms with Crippen LogP contribution in [-0.4, -0.2) is 19.7 Å². The van der Waals surface area contributed by atoms with E-state index >= 15 is 0 Å². The van der Waals surface area contributed by atoms with Crippen LogP contribution in [0.3, 0.4) is 0 Å². The zero-order valence-electron chi connectivity index (χ0n) is 14.1. The summed E-state index contributed by atoms with van der Waals surface area (Å²) >= 11 is 0. The number of nitrogens with zero attached hydrogens (tertiary/aromatic N) is 3. The van der Waals surface area contributed by atoms with Gasteiger partial charge in [0.1, 0.15) is 0 Å². The summed E-state index contributed by atoms with van der Waals surface area (Å²) in [6, 6.07) is 6.41. The summed E-state index contributed by atoms with van der Waals surface area (Å²) in [5, 5.41) is 14.8. The van der Waals surface area contributed by atoms with Crippen molar-refractivity contribution in [3.63, 3.8) is 0 Å². The van der Waals surface area contributed by atoms with Gasteiger partial charge in [-0.05, 0) is 31.4 Å². The molecule has 0 aliphatic heterocycles.